The van der Waals surface area contributed by atoms with E-state index < -0.39 is 0 Å². The summed E-state index contributed by atoms with van der Waals surface area (Å²) in [6.45, 7) is 4.70. The fraction of sp³-hybridized carbons (Fsp3) is 0.294. The van der Waals surface area contributed by atoms with Crippen LogP contribution in [0.5, 0.6) is 0 Å². The van der Waals surface area contributed by atoms with E-state index in [0.29, 0.717) is 0 Å². The second-order valence-corrected chi connectivity index (χ2v) is 5.61. The summed E-state index contributed by atoms with van der Waals surface area (Å²) in [5.74, 6) is -0.374. The normalized spacial score (nSPS) is 11.0. The van der Waals surface area contributed by atoms with E-state index in [-0.39, 0.29) is 10.8 Å². The molecule has 0 radical (unpaired) electrons. The molecule has 21 heavy (non-hydrogen) atoms. The smallest absolute Gasteiger partial charge is 0.141 e. The number of halogens is 2. The zero-order chi connectivity index (χ0) is 15.2. The zero-order valence-electron chi connectivity index (χ0n) is 12.2. The Morgan fingerprint density at radius 3 is 2.29 bits per heavy atom. The van der Waals surface area contributed by atoms with Crippen molar-refractivity contribution < 1.29 is 4.39 Å². The summed E-state index contributed by atoms with van der Waals surface area (Å²) in [6, 6.07) is 12.8. The third kappa shape index (κ3) is 4.73. The van der Waals surface area contributed by atoms with Crippen LogP contribution in [0.1, 0.15) is 24.5 Å². The first-order chi connectivity index (χ1) is 10.1. The quantitative estimate of drug-likeness (QED) is 0.798. The molecule has 0 aliphatic heterocycles. The van der Waals surface area contributed by atoms with Gasteiger partial charge in [-0.15, -0.1) is 0 Å². The van der Waals surface area contributed by atoms with Gasteiger partial charge in [0, 0.05) is 18.8 Å². The number of hydrogen-bond donors (Lipinski definition) is 1. The standard InChI is InChI=1S/C17H20ClFN2/c1-2-9-21(11-13-3-6-15(20)7-4-13)12-14-5-8-17(19)16(18)10-14/h3-8,10H,2,9,11-12,20H2,1H3. The Morgan fingerprint density at radius 1 is 1.05 bits per heavy atom. The molecule has 0 bridgehead atoms. The molecule has 0 spiro atoms. The molecule has 0 saturated heterocycles. The molecule has 0 heterocycles. The molecule has 0 fully saturated rings. The van der Waals surface area contributed by atoms with E-state index in [2.05, 4.69) is 11.8 Å². The second-order valence-electron chi connectivity index (χ2n) is 5.20. The molecule has 0 amide bonds. The SMILES string of the molecule is CCCN(Cc1ccc(N)cc1)Cc1ccc(F)c(Cl)c1. The van der Waals surface area contributed by atoms with Crippen LogP contribution in [0, 0.1) is 5.82 Å². The minimum absolute atomic E-state index is 0.177. The largest absolute Gasteiger partial charge is 0.399 e. The molecule has 0 aromatic heterocycles. The third-order valence-corrected chi connectivity index (χ3v) is 3.61. The van der Waals surface area contributed by atoms with Crippen LogP contribution in [0.25, 0.3) is 0 Å². The van der Waals surface area contributed by atoms with Crippen molar-refractivity contribution in [3.8, 4) is 0 Å². The Balaban J connectivity index is 2.07. The fourth-order valence-corrected chi connectivity index (χ4v) is 2.51. The number of nitrogens with zero attached hydrogens (tertiary/aromatic N) is 1. The average Bonchev–Trinajstić information content (AvgIpc) is 2.46. The van der Waals surface area contributed by atoms with Crippen molar-refractivity contribution in [2.45, 2.75) is 26.4 Å². The highest BCUT2D eigenvalue weighted by atomic mass is 35.5. The summed E-state index contributed by atoms with van der Waals surface area (Å²) < 4.78 is 13.2. The molecule has 4 heteroatoms. The van der Waals surface area contributed by atoms with E-state index in [1.54, 1.807) is 12.1 Å². The van der Waals surface area contributed by atoms with Gasteiger partial charge in [0.1, 0.15) is 5.82 Å². The Bertz CT molecular complexity index is 584. The molecule has 0 unspecified atom stereocenters. The van der Waals surface area contributed by atoms with Crippen LogP contribution in [-0.2, 0) is 13.1 Å². The molecule has 2 rings (SSSR count). The van der Waals surface area contributed by atoms with Crippen LogP contribution >= 0.6 is 11.6 Å². The number of rotatable bonds is 6. The van der Waals surface area contributed by atoms with Crippen molar-refractivity contribution in [2.24, 2.45) is 0 Å². The van der Waals surface area contributed by atoms with Gasteiger partial charge in [-0.1, -0.05) is 36.7 Å². The van der Waals surface area contributed by atoms with Gasteiger partial charge in [-0.3, -0.25) is 4.90 Å². The molecule has 2 aromatic rings. The molecule has 0 atom stereocenters. The highest BCUT2D eigenvalue weighted by Gasteiger charge is 2.08. The maximum atomic E-state index is 13.2. The lowest BCUT2D eigenvalue weighted by Crippen LogP contribution is -2.23. The van der Waals surface area contributed by atoms with Crippen molar-refractivity contribution in [2.75, 3.05) is 12.3 Å². The number of nitrogen functional groups attached to an aromatic ring is 1. The van der Waals surface area contributed by atoms with Crippen molar-refractivity contribution >= 4 is 17.3 Å². The van der Waals surface area contributed by atoms with Crippen molar-refractivity contribution in [3.05, 3.63) is 64.4 Å². The Morgan fingerprint density at radius 2 is 1.67 bits per heavy atom. The van der Waals surface area contributed by atoms with E-state index in [1.807, 2.05) is 24.3 Å². The lowest BCUT2D eigenvalue weighted by Gasteiger charge is -2.22. The van der Waals surface area contributed by atoms with Crippen LogP contribution in [0.3, 0.4) is 0 Å². The molecule has 2 N–H and O–H groups in total. The number of hydrogen-bond acceptors (Lipinski definition) is 2. The van der Waals surface area contributed by atoms with E-state index in [1.165, 1.54) is 11.6 Å². The van der Waals surface area contributed by atoms with Gasteiger partial charge in [0.2, 0.25) is 0 Å². The predicted molar refractivity (Wildman–Crippen MR) is 86.7 cm³/mol. The van der Waals surface area contributed by atoms with Crippen LogP contribution in [0.4, 0.5) is 10.1 Å². The van der Waals surface area contributed by atoms with Crippen LogP contribution in [-0.4, -0.2) is 11.4 Å². The lowest BCUT2D eigenvalue weighted by molar-refractivity contribution is 0.257. The first-order valence-electron chi connectivity index (χ1n) is 7.09. The molecule has 0 aliphatic carbocycles. The zero-order valence-corrected chi connectivity index (χ0v) is 12.9. The molecule has 0 saturated carbocycles. The summed E-state index contributed by atoms with van der Waals surface area (Å²) in [4.78, 5) is 2.31. The van der Waals surface area contributed by atoms with Crippen LogP contribution < -0.4 is 5.73 Å². The summed E-state index contributed by atoms with van der Waals surface area (Å²) >= 11 is 5.84. The van der Waals surface area contributed by atoms with Gasteiger partial charge in [-0.25, -0.2) is 4.39 Å². The highest BCUT2D eigenvalue weighted by molar-refractivity contribution is 6.30. The first-order valence-corrected chi connectivity index (χ1v) is 7.47. The predicted octanol–water partition coefficient (Wildman–Crippen LogP) is 4.47. The Hall–Kier alpha value is -1.58. The molecule has 0 aliphatic rings. The average molecular weight is 307 g/mol. The number of anilines is 1. The second kappa shape index (κ2) is 7.43. The molecular weight excluding hydrogens is 287 g/mol. The van der Waals surface area contributed by atoms with Crippen molar-refractivity contribution in [3.63, 3.8) is 0 Å². The summed E-state index contributed by atoms with van der Waals surface area (Å²) in [5.41, 5.74) is 8.71. The van der Waals surface area contributed by atoms with Gasteiger partial charge in [0.15, 0.2) is 0 Å². The maximum Gasteiger partial charge on any atom is 0.141 e. The minimum Gasteiger partial charge on any atom is -0.399 e. The van der Waals surface area contributed by atoms with Gasteiger partial charge in [-0.2, -0.15) is 0 Å². The summed E-state index contributed by atoms with van der Waals surface area (Å²) in [5, 5.41) is 0.177. The maximum absolute atomic E-state index is 13.2. The third-order valence-electron chi connectivity index (χ3n) is 3.32. The minimum atomic E-state index is -0.374. The number of nitrogens with two attached hydrogens (primary N) is 1. The number of benzene rings is 2. The Kier molecular flexibility index (Phi) is 5.59. The monoisotopic (exact) mass is 306 g/mol. The van der Waals surface area contributed by atoms with E-state index in [4.69, 9.17) is 17.3 Å². The Labute approximate surface area is 130 Å². The van der Waals surface area contributed by atoms with Crippen molar-refractivity contribution in [1.82, 2.24) is 4.90 Å². The summed E-state index contributed by atoms with van der Waals surface area (Å²) in [7, 11) is 0. The van der Waals surface area contributed by atoms with Gasteiger partial charge in [0.05, 0.1) is 5.02 Å². The molecule has 112 valence electrons. The molecule has 2 nitrogen and oxygen atoms in total. The molecular formula is C17H20ClFN2. The first kappa shape index (κ1) is 15.8. The van der Waals surface area contributed by atoms with Gasteiger partial charge in [0.25, 0.3) is 0 Å². The summed E-state index contributed by atoms with van der Waals surface area (Å²) in [6.07, 6.45) is 1.06. The van der Waals surface area contributed by atoms with E-state index in [0.717, 1.165) is 37.3 Å². The van der Waals surface area contributed by atoms with Crippen molar-refractivity contribution in [1.29, 1.82) is 0 Å². The van der Waals surface area contributed by atoms with E-state index in [9.17, 15) is 4.39 Å². The van der Waals surface area contributed by atoms with Gasteiger partial charge in [-0.05, 0) is 48.4 Å². The lowest BCUT2D eigenvalue weighted by atomic mass is 10.1. The highest BCUT2D eigenvalue weighted by Crippen LogP contribution is 2.18. The van der Waals surface area contributed by atoms with Crippen LogP contribution in [0.15, 0.2) is 42.5 Å². The van der Waals surface area contributed by atoms with Crippen LogP contribution in [0.2, 0.25) is 5.02 Å². The van der Waals surface area contributed by atoms with E-state index >= 15 is 0 Å². The van der Waals surface area contributed by atoms with Gasteiger partial charge < -0.3 is 5.73 Å². The topological polar surface area (TPSA) is 29.3 Å². The van der Waals surface area contributed by atoms with Gasteiger partial charge >= 0.3 is 0 Å². The fourth-order valence-electron chi connectivity index (χ4n) is 2.31. The molecule has 2 aromatic carbocycles.